The lowest BCUT2D eigenvalue weighted by atomic mass is 9.43. The number of carbonyl (C=O) groups is 1. The highest BCUT2D eigenvalue weighted by Gasteiger charge is 2.63. The molecule has 3 heteroatoms. The fourth-order valence-corrected chi connectivity index (χ4v) is 9.40. The van der Waals surface area contributed by atoms with Crippen molar-refractivity contribution in [2.75, 3.05) is 0 Å². The second kappa shape index (κ2) is 8.33. The molecular weight excluding hydrogens is 408 g/mol. The summed E-state index contributed by atoms with van der Waals surface area (Å²) in [6.45, 7) is 16.2. The first-order chi connectivity index (χ1) is 15.3. The van der Waals surface area contributed by atoms with Crippen molar-refractivity contribution in [3.8, 4) is 0 Å². The Balaban J connectivity index is 1.65. The van der Waals surface area contributed by atoms with Crippen molar-refractivity contribution in [1.82, 2.24) is 0 Å². The second-order valence-electron chi connectivity index (χ2n) is 13.5. The molecule has 2 saturated carbocycles. The molecule has 0 aromatic heterocycles. The number of aliphatic hydroxyl groups excluding tert-OH is 2. The molecule has 186 valence electrons. The van der Waals surface area contributed by atoms with Crippen LogP contribution >= 0.6 is 0 Å². The highest BCUT2D eigenvalue weighted by atomic mass is 16.3. The van der Waals surface area contributed by atoms with E-state index < -0.39 is 6.10 Å². The van der Waals surface area contributed by atoms with E-state index in [0.29, 0.717) is 23.8 Å². The van der Waals surface area contributed by atoms with Crippen molar-refractivity contribution < 1.29 is 15.0 Å². The van der Waals surface area contributed by atoms with Gasteiger partial charge in [0.15, 0.2) is 0 Å². The van der Waals surface area contributed by atoms with Crippen LogP contribution in [0.1, 0.15) is 106 Å². The van der Waals surface area contributed by atoms with Gasteiger partial charge in [0, 0.05) is 0 Å². The number of aliphatic hydroxyl groups is 2. The zero-order chi connectivity index (χ0) is 24.4. The fourth-order valence-electron chi connectivity index (χ4n) is 9.40. The van der Waals surface area contributed by atoms with E-state index >= 15 is 0 Å². The van der Waals surface area contributed by atoms with Gasteiger partial charge in [0.25, 0.3) is 0 Å². The molecule has 3 nitrogen and oxygen atoms in total. The topological polar surface area (TPSA) is 57.5 Å². The van der Waals surface area contributed by atoms with Crippen LogP contribution in [0.5, 0.6) is 0 Å². The summed E-state index contributed by atoms with van der Waals surface area (Å²) < 4.78 is 0. The molecule has 4 aliphatic rings. The number of carbonyl (C=O) groups excluding carboxylic acids is 1. The molecule has 8 unspecified atom stereocenters. The van der Waals surface area contributed by atoms with Crippen molar-refractivity contribution in [2.24, 2.45) is 39.4 Å². The van der Waals surface area contributed by atoms with Crippen LogP contribution in [0.25, 0.3) is 0 Å². The van der Waals surface area contributed by atoms with Crippen LogP contribution in [0.2, 0.25) is 0 Å². The lowest BCUT2D eigenvalue weighted by Gasteiger charge is -2.62. The van der Waals surface area contributed by atoms with Crippen LogP contribution in [0.3, 0.4) is 0 Å². The number of hydrogen-bond acceptors (Lipinski definition) is 3. The van der Waals surface area contributed by atoms with Crippen LogP contribution in [0, 0.1) is 39.4 Å². The van der Waals surface area contributed by atoms with Gasteiger partial charge in [0.1, 0.15) is 6.29 Å². The Labute approximate surface area is 202 Å². The molecule has 4 rings (SSSR count). The van der Waals surface area contributed by atoms with E-state index in [2.05, 4.69) is 41.5 Å². The van der Waals surface area contributed by atoms with E-state index in [-0.39, 0.29) is 33.7 Å². The summed E-state index contributed by atoms with van der Waals surface area (Å²) in [5.74, 6) is 1.29. The molecule has 0 aromatic rings. The maximum Gasteiger partial charge on any atom is 0.145 e. The second-order valence-corrected chi connectivity index (χ2v) is 13.5. The van der Waals surface area contributed by atoms with Crippen LogP contribution in [-0.4, -0.2) is 28.7 Å². The summed E-state index contributed by atoms with van der Waals surface area (Å²) in [5, 5.41) is 21.8. The molecule has 0 heterocycles. The van der Waals surface area contributed by atoms with Crippen molar-refractivity contribution in [1.29, 1.82) is 0 Å². The normalized spacial score (nSPS) is 44.5. The zero-order valence-corrected chi connectivity index (χ0v) is 22.2. The molecule has 0 saturated heterocycles. The number of fused-ring (bicyclic) bond motifs is 4. The van der Waals surface area contributed by atoms with E-state index in [1.54, 1.807) is 11.1 Å². The minimum Gasteiger partial charge on any atom is -0.393 e. The van der Waals surface area contributed by atoms with E-state index in [0.717, 1.165) is 19.1 Å². The molecule has 2 N–H and O–H groups in total. The standard InChI is InChI=1S/C30H48O3/c1-19(18-31)8-10-24(32)20(2)21-12-16-30(7)23-9-11-25-27(3,4)26(33)14-15-28(25,5)22(23)13-17-29(21,30)6/h8,18,20-21,24-26,32-33H,9-17H2,1-7H3. The third-order valence-corrected chi connectivity index (χ3v) is 11.9. The lowest BCUT2D eigenvalue weighted by Crippen LogP contribution is -2.55. The first kappa shape index (κ1) is 25.2. The maximum absolute atomic E-state index is 11.0. The fraction of sp³-hybridized carbons (Fsp3) is 0.833. The first-order valence-corrected chi connectivity index (χ1v) is 13.5. The lowest BCUT2D eigenvalue weighted by molar-refractivity contribution is -0.104. The van der Waals surface area contributed by atoms with Gasteiger partial charge >= 0.3 is 0 Å². The minimum absolute atomic E-state index is 0.0167. The Hall–Kier alpha value is -0.930. The molecule has 0 radical (unpaired) electrons. The van der Waals surface area contributed by atoms with Gasteiger partial charge < -0.3 is 10.2 Å². The largest absolute Gasteiger partial charge is 0.393 e. The van der Waals surface area contributed by atoms with Crippen LogP contribution in [0.4, 0.5) is 0 Å². The van der Waals surface area contributed by atoms with Gasteiger partial charge in [-0.15, -0.1) is 0 Å². The number of rotatable bonds is 5. The highest BCUT2D eigenvalue weighted by molar-refractivity contribution is 5.71. The highest BCUT2D eigenvalue weighted by Crippen LogP contribution is 2.72. The van der Waals surface area contributed by atoms with Crippen molar-refractivity contribution in [3.05, 3.63) is 22.8 Å². The molecule has 0 spiro atoms. The molecule has 0 amide bonds. The smallest absolute Gasteiger partial charge is 0.145 e. The Kier molecular flexibility index (Phi) is 6.35. The van der Waals surface area contributed by atoms with Crippen molar-refractivity contribution in [2.45, 2.75) is 118 Å². The number of aldehydes is 1. The molecule has 0 aromatic carbocycles. The molecule has 8 atom stereocenters. The molecule has 33 heavy (non-hydrogen) atoms. The van der Waals surface area contributed by atoms with Gasteiger partial charge in [0.2, 0.25) is 0 Å². The van der Waals surface area contributed by atoms with Gasteiger partial charge in [-0.3, -0.25) is 4.79 Å². The average Bonchev–Trinajstić information content (AvgIpc) is 3.05. The average molecular weight is 457 g/mol. The summed E-state index contributed by atoms with van der Waals surface area (Å²) in [4.78, 5) is 11.0. The Morgan fingerprint density at radius 3 is 2.39 bits per heavy atom. The SMILES string of the molecule is CC(C=O)=CCC(O)C(C)C1CCC2(C)C3=C(CCC12C)C1(C)CCC(O)C(C)(C)C1CC3. The van der Waals surface area contributed by atoms with Gasteiger partial charge in [0.05, 0.1) is 12.2 Å². The van der Waals surface area contributed by atoms with Crippen molar-refractivity contribution in [3.63, 3.8) is 0 Å². The van der Waals surface area contributed by atoms with Crippen LogP contribution in [-0.2, 0) is 4.79 Å². The third kappa shape index (κ3) is 3.54. The van der Waals surface area contributed by atoms with Gasteiger partial charge in [-0.2, -0.15) is 0 Å². The van der Waals surface area contributed by atoms with Gasteiger partial charge in [-0.1, -0.05) is 58.8 Å². The van der Waals surface area contributed by atoms with Gasteiger partial charge in [-0.25, -0.2) is 0 Å². The van der Waals surface area contributed by atoms with Gasteiger partial charge in [-0.05, 0) is 110 Å². The Morgan fingerprint density at radius 1 is 1.03 bits per heavy atom. The van der Waals surface area contributed by atoms with E-state index in [1.165, 1.54) is 38.5 Å². The first-order valence-electron chi connectivity index (χ1n) is 13.5. The summed E-state index contributed by atoms with van der Waals surface area (Å²) >= 11 is 0. The van der Waals surface area contributed by atoms with Crippen molar-refractivity contribution >= 4 is 6.29 Å². The summed E-state index contributed by atoms with van der Waals surface area (Å²) in [6, 6.07) is 0. The van der Waals surface area contributed by atoms with E-state index in [4.69, 9.17) is 0 Å². The van der Waals surface area contributed by atoms with E-state index in [9.17, 15) is 15.0 Å². The number of hydrogen-bond donors (Lipinski definition) is 2. The maximum atomic E-state index is 11.0. The number of allylic oxidation sites excluding steroid dienone is 3. The molecule has 0 aliphatic heterocycles. The summed E-state index contributed by atoms with van der Waals surface area (Å²) in [6.07, 6.45) is 12.0. The zero-order valence-electron chi connectivity index (χ0n) is 22.2. The molecule has 0 bridgehead atoms. The Bertz CT molecular complexity index is 853. The monoisotopic (exact) mass is 456 g/mol. The van der Waals surface area contributed by atoms with E-state index in [1.807, 2.05) is 13.0 Å². The summed E-state index contributed by atoms with van der Waals surface area (Å²) in [5.41, 5.74) is 4.84. The molecular formula is C30H48O3. The van der Waals surface area contributed by atoms with Crippen LogP contribution in [0.15, 0.2) is 22.8 Å². The summed E-state index contributed by atoms with van der Waals surface area (Å²) in [7, 11) is 0. The Morgan fingerprint density at radius 2 is 1.73 bits per heavy atom. The third-order valence-electron chi connectivity index (χ3n) is 11.9. The quantitative estimate of drug-likeness (QED) is 0.277. The van der Waals surface area contributed by atoms with Crippen LogP contribution < -0.4 is 0 Å². The molecule has 4 aliphatic carbocycles. The molecule has 2 fully saturated rings. The predicted molar refractivity (Wildman–Crippen MR) is 135 cm³/mol. The predicted octanol–water partition coefficient (Wildman–Crippen LogP) is 6.63. The minimum atomic E-state index is -0.395.